The third-order valence-corrected chi connectivity index (χ3v) is 4.02. The highest BCUT2D eigenvalue weighted by atomic mass is 16.6. The molecule has 2 amide bonds. The maximum atomic E-state index is 12.0. The second kappa shape index (κ2) is 15.1. The van der Waals surface area contributed by atoms with Gasteiger partial charge in [0.25, 0.3) is 0 Å². The first-order chi connectivity index (χ1) is 13.9. The Labute approximate surface area is 183 Å². The lowest BCUT2D eigenvalue weighted by atomic mass is 10.1. The van der Waals surface area contributed by atoms with Crippen LogP contribution in [-0.2, 0) is 9.47 Å². The summed E-state index contributed by atoms with van der Waals surface area (Å²) in [5.41, 5.74) is -1.28. The quantitative estimate of drug-likeness (QED) is 0.230. The maximum Gasteiger partial charge on any atom is 0.414 e. The van der Waals surface area contributed by atoms with Gasteiger partial charge in [-0.25, -0.2) is 9.59 Å². The zero-order valence-corrected chi connectivity index (χ0v) is 20.4. The largest absolute Gasteiger partial charge is 0.444 e. The normalized spacial score (nSPS) is 11.6. The number of nitrogens with zero attached hydrogens (tertiary/aromatic N) is 1. The Bertz CT molecular complexity index is 488. The van der Waals surface area contributed by atoms with E-state index in [9.17, 15) is 9.59 Å². The number of hydrogen-bond acceptors (Lipinski definition) is 5. The van der Waals surface area contributed by atoms with Gasteiger partial charge in [0.15, 0.2) is 0 Å². The van der Waals surface area contributed by atoms with Gasteiger partial charge in [0, 0.05) is 6.54 Å². The molecule has 0 radical (unpaired) electrons. The van der Waals surface area contributed by atoms with E-state index in [0.29, 0.717) is 6.54 Å². The summed E-state index contributed by atoms with van der Waals surface area (Å²) >= 11 is 0. The zero-order valence-electron chi connectivity index (χ0n) is 20.4. The monoisotopic (exact) mass is 427 g/mol. The van der Waals surface area contributed by atoms with Gasteiger partial charge in [-0.2, -0.15) is 0 Å². The summed E-state index contributed by atoms with van der Waals surface area (Å²) in [5.74, 6) is 0.0504. The number of rotatable bonds is 11. The van der Waals surface area contributed by atoms with Crippen molar-refractivity contribution >= 4 is 18.1 Å². The van der Waals surface area contributed by atoms with Crippen LogP contribution in [0, 0.1) is 0 Å². The van der Waals surface area contributed by atoms with Gasteiger partial charge in [0.05, 0.1) is 0 Å². The van der Waals surface area contributed by atoms with Crippen molar-refractivity contribution in [3.05, 3.63) is 0 Å². The Hall–Kier alpha value is -1.79. The van der Waals surface area contributed by atoms with Crippen LogP contribution in [0.3, 0.4) is 0 Å². The summed E-state index contributed by atoms with van der Waals surface area (Å²) in [6, 6.07) is 0. The van der Waals surface area contributed by atoms with Crippen LogP contribution in [0.25, 0.3) is 0 Å². The van der Waals surface area contributed by atoms with Gasteiger partial charge < -0.3 is 9.47 Å². The minimum absolute atomic E-state index is 0.0504. The predicted molar refractivity (Wildman–Crippen MR) is 123 cm³/mol. The van der Waals surface area contributed by atoms with Crippen molar-refractivity contribution in [1.29, 1.82) is 0 Å². The van der Waals surface area contributed by atoms with Gasteiger partial charge in [0.2, 0.25) is 5.96 Å². The van der Waals surface area contributed by atoms with Crippen molar-refractivity contribution in [2.24, 2.45) is 4.99 Å². The van der Waals surface area contributed by atoms with E-state index in [4.69, 9.17) is 9.47 Å². The fraction of sp³-hybridized carbons (Fsp3) is 0.870. The van der Waals surface area contributed by atoms with Crippen molar-refractivity contribution in [3.63, 3.8) is 0 Å². The van der Waals surface area contributed by atoms with Crippen molar-refractivity contribution in [2.45, 2.75) is 124 Å². The van der Waals surface area contributed by atoms with Crippen molar-refractivity contribution in [2.75, 3.05) is 6.54 Å². The molecule has 0 aromatic carbocycles. The number of carbonyl (C=O) groups is 2. The Balaban J connectivity index is 4.38. The van der Waals surface area contributed by atoms with E-state index < -0.39 is 23.4 Å². The molecule has 30 heavy (non-hydrogen) atoms. The van der Waals surface area contributed by atoms with Crippen LogP contribution in [-0.4, -0.2) is 35.9 Å². The molecule has 7 heteroatoms. The molecule has 0 bridgehead atoms. The molecule has 176 valence electrons. The molecule has 0 aromatic rings. The maximum absolute atomic E-state index is 12.0. The molecule has 2 N–H and O–H groups in total. The SMILES string of the molecule is CCCCCCCCCCCCN=C(NC(=O)OC(C)(C)C)NC(=O)OC(C)(C)C. The number of hydrogen-bond donors (Lipinski definition) is 2. The third kappa shape index (κ3) is 19.5. The van der Waals surface area contributed by atoms with Gasteiger partial charge in [-0.3, -0.25) is 15.6 Å². The smallest absolute Gasteiger partial charge is 0.414 e. The first-order valence-corrected chi connectivity index (χ1v) is 11.5. The van der Waals surface area contributed by atoms with Crippen LogP contribution in [0.1, 0.15) is 113 Å². The molecule has 0 fully saturated rings. The summed E-state index contributed by atoms with van der Waals surface area (Å²) < 4.78 is 10.5. The van der Waals surface area contributed by atoms with Gasteiger partial charge in [0.1, 0.15) is 11.2 Å². The fourth-order valence-electron chi connectivity index (χ4n) is 2.70. The number of unbranched alkanes of at least 4 members (excludes halogenated alkanes) is 9. The lowest BCUT2D eigenvalue weighted by Gasteiger charge is -2.22. The molecule has 0 aliphatic rings. The van der Waals surface area contributed by atoms with Crippen LogP contribution in [0.2, 0.25) is 0 Å². The Morgan fingerprint density at radius 1 is 0.667 bits per heavy atom. The first kappa shape index (κ1) is 28.2. The van der Waals surface area contributed by atoms with E-state index in [1.54, 1.807) is 41.5 Å². The second-order valence-electron chi connectivity index (χ2n) is 9.67. The van der Waals surface area contributed by atoms with Crippen LogP contribution < -0.4 is 10.6 Å². The van der Waals surface area contributed by atoms with E-state index in [2.05, 4.69) is 22.5 Å². The summed E-state index contributed by atoms with van der Waals surface area (Å²) in [6.07, 6.45) is 11.0. The lowest BCUT2D eigenvalue weighted by molar-refractivity contribution is 0.0545. The summed E-state index contributed by atoms with van der Waals surface area (Å²) in [6.45, 7) is 13.4. The summed E-state index contributed by atoms with van der Waals surface area (Å²) in [4.78, 5) is 28.4. The first-order valence-electron chi connectivity index (χ1n) is 11.5. The molecule has 7 nitrogen and oxygen atoms in total. The molecule has 0 rings (SSSR count). The Morgan fingerprint density at radius 3 is 1.40 bits per heavy atom. The molecule has 0 unspecified atom stereocenters. The minimum Gasteiger partial charge on any atom is -0.444 e. The standard InChI is InChI=1S/C23H45N3O4/c1-8-9-10-11-12-13-14-15-16-17-18-24-19(25-20(27)29-22(2,3)4)26-21(28)30-23(5,6)7/h8-18H2,1-7H3,(H2,24,25,26,27,28). The molecule has 0 saturated heterocycles. The number of carbonyl (C=O) groups excluding carboxylic acids is 2. The zero-order chi connectivity index (χ0) is 23.0. The van der Waals surface area contributed by atoms with Crippen molar-refractivity contribution < 1.29 is 19.1 Å². The molecule has 0 aromatic heterocycles. The number of guanidine groups is 1. The fourth-order valence-corrected chi connectivity index (χ4v) is 2.70. The number of aliphatic imine (C=N–C) groups is 1. The van der Waals surface area contributed by atoms with Crippen LogP contribution in [0.15, 0.2) is 4.99 Å². The average Bonchev–Trinajstić information content (AvgIpc) is 2.56. The van der Waals surface area contributed by atoms with Gasteiger partial charge in [-0.05, 0) is 48.0 Å². The number of ether oxygens (including phenoxy) is 2. The topological polar surface area (TPSA) is 89.0 Å². The van der Waals surface area contributed by atoms with Crippen molar-refractivity contribution in [1.82, 2.24) is 10.6 Å². The Morgan fingerprint density at radius 2 is 1.03 bits per heavy atom. The second-order valence-corrected chi connectivity index (χ2v) is 9.67. The molecular weight excluding hydrogens is 382 g/mol. The lowest BCUT2D eigenvalue weighted by Crippen LogP contribution is -2.47. The molecule has 0 saturated carbocycles. The van der Waals surface area contributed by atoms with Gasteiger partial charge in [-0.1, -0.05) is 64.7 Å². The van der Waals surface area contributed by atoms with Crippen molar-refractivity contribution in [3.8, 4) is 0 Å². The van der Waals surface area contributed by atoms with E-state index in [0.717, 1.165) is 12.8 Å². The summed E-state index contributed by atoms with van der Waals surface area (Å²) in [7, 11) is 0. The highest BCUT2D eigenvalue weighted by molar-refractivity contribution is 6.01. The summed E-state index contributed by atoms with van der Waals surface area (Å²) in [5, 5.41) is 5.01. The van der Waals surface area contributed by atoms with E-state index in [-0.39, 0.29) is 5.96 Å². The highest BCUT2D eigenvalue weighted by Gasteiger charge is 2.21. The van der Waals surface area contributed by atoms with E-state index in [1.165, 1.54) is 51.4 Å². The van der Waals surface area contributed by atoms with Crippen LogP contribution in [0.4, 0.5) is 9.59 Å². The van der Waals surface area contributed by atoms with Crippen LogP contribution in [0.5, 0.6) is 0 Å². The highest BCUT2D eigenvalue weighted by Crippen LogP contribution is 2.11. The van der Waals surface area contributed by atoms with Gasteiger partial charge in [-0.15, -0.1) is 0 Å². The molecule has 0 spiro atoms. The van der Waals surface area contributed by atoms with E-state index >= 15 is 0 Å². The van der Waals surface area contributed by atoms with Crippen LogP contribution >= 0.6 is 0 Å². The average molecular weight is 428 g/mol. The predicted octanol–water partition coefficient (Wildman–Crippen LogP) is 6.31. The molecular formula is C23H45N3O4. The molecule has 0 heterocycles. The number of nitrogens with one attached hydrogen (secondary N) is 2. The number of alkyl carbamates (subject to hydrolysis) is 2. The molecule has 0 aliphatic carbocycles. The molecule has 0 atom stereocenters. The molecule has 0 aliphatic heterocycles. The van der Waals surface area contributed by atoms with Gasteiger partial charge >= 0.3 is 12.2 Å². The minimum atomic E-state index is -0.666. The Kier molecular flexibility index (Phi) is 14.2. The van der Waals surface area contributed by atoms with E-state index in [1.807, 2.05) is 0 Å². The third-order valence-electron chi connectivity index (χ3n) is 4.02. The number of amides is 2.